The van der Waals surface area contributed by atoms with Crippen molar-refractivity contribution in [1.29, 1.82) is 0 Å². The number of amides is 1. The smallest absolute Gasteiger partial charge is 0.261 e. The molecule has 5 heteroatoms. The van der Waals surface area contributed by atoms with Crippen molar-refractivity contribution in [1.82, 2.24) is 4.90 Å². The zero-order valence-electron chi connectivity index (χ0n) is 13.2. The number of para-hydroxylation sites is 2. The van der Waals surface area contributed by atoms with Gasteiger partial charge in [0.2, 0.25) is 0 Å². The Balaban J connectivity index is 1.97. The van der Waals surface area contributed by atoms with Gasteiger partial charge in [0.1, 0.15) is 0 Å². The lowest BCUT2D eigenvalue weighted by Gasteiger charge is -2.21. The topological polar surface area (TPSA) is 38.8 Å². The van der Waals surface area contributed by atoms with Crippen molar-refractivity contribution in [2.45, 2.75) is 13.5 Å². The number of ether oxygens (including phenoxy) is 2. The summed E-state index contributed by atoms with van der Waals surface area (Å²) in [6, 6.07) is 11.4. The summed E-state index contributed by atoms with van der Waals surface area (Å²) < 4.78 is 11.1. The molecule has 0 unspecified atom stereocenters. The maximum atomic E-state index is 12.4. The van der Waals surface area contributed by atoms with Gasteiger partial charge in [-0.05, 0) is 30.5 Å². The maximum absolute atomic E-state index is 12.4. The molecule has 1 aromatic heterocycles. The first-order chi connectivity index (χ1) is 11.2. The molecule has 0 atom stereocenters. The summed E-state index contributed by atoms with van der Waals surface area (Å²) in [5.74, 6) is 1.15. The van der Waals surface area contributed by atoms with E-state index in [0.717, 1.165) is 4.88 Å². The summed E-state index contributed by atoms with van der Waals surface area (Å²) in [5.41, 5.74) is 0. The van der Waals surface area contributed by atoms with Crippen molar-refractivity contribution in [3.8, 4) is 11.5 Å². The molecule has 0 radical (unpaired) electrons. The summed E-state index contributed by atoms with van der Waals surface area (Å²) in [4.78, 5) is 15.3. The van der Waals surface area contributed by atoms with Crippen LogP contribution in [0.5, 0.6) is 11.5 Å². The minimum atomic E-state index is -0.0791. The lowest BCUT2D eigenvalue weighted by Crippen LogP contribution is -2.34. The zero-order valence-corrected chi connectivity index (χ0v) is 14.1. The van der Waals surface area contributed by atoms with Gasteiger partial charge in [0.05, 0.1) is 13.2 Å². The predicted molar refractivity (Wildman–Crippen MR) is 93.0 cm³/mol. The molecule has 0 fully saturated rings. The van der Waals surface area contributed by atoms with Crippen molar-refractivity contribution in [3.63, 3.8) is 0 Å². The van der Waals surface area contributed by atoms with E-state index in [4.69, 9.17) is 9.47 Å². The summed E-state index contributed by atoms with van der Waals surface area (Å²) in [6.45, 7) is 7.22. The van der Waals surface area contributed by atoms with Crippen LogP contribution in [0.15, 0.2) is 54.4 Å². The number of rotatable bonds is 9. The van der Waals surface area contributed by atoms with E-state index in [2.05, 4.69) is 6.58 Å². The van der Waals surface area contributed by atoms with Crippen LogP contribution in [0, 0.1) is 0 Å². The van der Waals surface area contributed by atoms with Crippen molar-refractivity contribution in [2.75, 3.05) is 19.8 Å². The third-order valence-corrected chi connectivity index (χ3v) is 3.99. The minimum absolute atomic E-state index is 0.0245. The molecule has 23 heavy (non-hydrogen) atoms. The molecule has 2 rings (SSSR count). The monoisotopic (exact) mass is 331 g/mol. The second-order valence-corrected chi connectivity index (χ2v) is 5.84. The van der Waals surface area contributed by atoms with Gasteiger partial charge in [0.15, 0.2) is 18.1 Å². The van der Waals surface area contributed by atoms with Crippen LogP contribution in [0.3, 0.4) is 0 Å². The number of carbonyl (C=O) groups is 1. The molecule has 1 heterocycles. The lowest BCUT2D eigenvalue weighted by atomic mass is 10.3. The van der Waals surface area contributed by atoms with Crippen LogP contribution in [0.1, 0.15) is 11.8 Å². The SMILES string of the molecule is C=CCN(Cc1cccs1)C(=O)COc1ccccc1OCC. The Morgan fingerprint density at radius 1 is 1.22 bits per heavy atom. The summed E-state index contributed by atoms with van der Waals surface area (Å²) in [5, 5.41) is 2.00. The molecule has 1 aromatic carbocycles. The predicted octanol–water partition coefficient (Wildman–Crippen LogP) is 3.74. The van der Waals surface area contributed by atoms with Gasteiger partial charge in [0, 0.05) is 11.4 Å². The van der Waals surface area contributed by atoms with Gasteiger partial charge in [-0.25, -0.2) is 0 Å². The van der Waals surface area contributed by atoms with E-state index in [-0.39, 0.29) is 12.5 Å². The summed E-state index contributed by atoms with van der Waals surface area (Å²) >= 11 is 1.63. The fourth-order valence-corrected chi connectivity index (χ4v) is 2.80. The molecule has 0 spiro atoms. The van der Waals surface area contributed by atoms with Crippen LogP contribution in [0.2, 0.25) is 0 Å². The van der Waals surface area contributed by atoms with E-state index in [1.165, 1.54) is 0 Å². The van der Waals surface area contributed by atoms with Crippen LogP contribution in [0.4, 0.5) is 0 Å². The Bertz CT molecular complexity index is 625. The zero-order chi connectivity index (χ0) is 16.5. The first-order valence-corrected chi connectivity index (χ1v) is 8.38. The number of carbonyl (C=O) groups excluding carboxylic acids is 1. The Labute approximate surface area is 141 Å². The molecule has 0 N–H and O–H groups in total. The van der Waals surface area contributed by atoms with Crippen molar-refractivity contribution in [3.05, 3.63) is 59.3 Å². The van der Waals surface area contributed by atoms with E-state index in [0.29, 0.717) is 31.2 Å². The minimum Gasteiger partial charge on any atom is -0.490 e. The highest BCUT2D eigenvalue weighted by atomic mass is 32.1. The number of hydrogen-bond acceptors (Lipinski definition) is 4. The van der Waals surface area contributed by atoms with Crippen LogP contribution < -0.4 is 9.47 Å². The fraction of sp³-hybridized carbons (Fsp3) is 0.278. The van der Waals surface area contributed by atoms with Gasteiger partial charge in [-0.1, -0.05) is 24.3 Å². The molecule has 4 nitrogen and oxygen atoms in total. The average Bonchev–Trinajstić information content (AvgIpc) is 3.07. The highest BCUT2D eigenvalue weighted by Crippen LogP contribution is 2.26. The van der Waals surface area contributed by atoms with Crippen LogP contribution in [-0.2, 0) is 11.3 Å². The van der Waals surface area contributed by atoms with Crippen LogP contribution >= 0.6 is 11.3 Å². The van der Waals surface area contributed by atoms with E-state index in [1.54, 1.807) is 28.4 Å². The van der Waals surface area contributed by atoms with Gasteiger partial charge in [-0.15, -0.1) is 17.9 Å². The van der Waals surface area contributed by atoms with Gasteiger partial charge in [-0.2, -0.15) is 0 Å². The van der Waals surface area contributed by atoms with Crippen LogP contribution in [0.25, 0.3) is 0 Å². The van der Waals surface area contributed by atoms with E-state index < -0.39 is 0 Å². The van der Waals surface area contributed by atoms with Gasteiger partial charge in [0.25, 0.3) is 5.91 Å². The fourth-order valence-electron chi connectivity index (χ4n) is 2.08. The first-order valence-electron chi connectivity index (χ1n) is 7.50. The van der Waals surface area contributed by atoms with E-state index in [9.17, 15) is 4.79 Å². The van der Waals surface area contributed by atoms with Crippen molar-refractivity contribution in [2.24, 2.45) is 0 Å². The van der Waals surface area contributed by atoms with E-state index >= 15 is 0 Å². The second-order valence-electron chi connectivity index (χ2n) is 4.81. The number of nitrogens with zero attached hydrogens (tertiary/aromatic N) is 1. The molecule has 0 aliphatic carbocycles. The number of benzene rings is 1. The standard InChI is InChI=1S/C18H21NO3S/c1-3-11-19(13-15-8-7-12-23-15)18(20)14-22-17-10-6-5-9-16(17)21-4-2/h3,5-10,12H,1,4,11,13-14H2,2H3. The number of hydrogen-bond donors (Lipinski definition) is 0. The molecular weight excluding hydrogens is 310 g/mol. The Morgan fingerprint density at radius 2 is 1.96 bits per heavy atom. The Morgan fingerprint density at radius 3 is 2.57 bits per heavy atom. The normalized spacial score (nSPS) is 10.1. The third-order valence-electron chi connectivity index (χ3n) is 3.13. The Kier molecular flexibility index (Phi) is 6.69. The molecule has 2 aromatic rings. The summed E-state index contributed by atoms with van der Waals surface area (Å²) in [6.07, 6.45) is 1.72. The first kappa shape index (κ1) is 17.1. The molecular formula is C18H21NO3S. The van der Waals surface area contributed by atoms with Crippen molar-refractivity contribution >= 4 is 17.2 Å². The molecule has 1 amide bonds. The molecule has 0 aliphatic rings. The number of thiophene rings is 1. The lowest BCUT2D eigenvalue weighted by molar-refractivity contribution is -0.133. The largest absolute Gasteiger partial charge is 0.490 e. The van der Waals surface area contributed by atoms with Gasteiger partial charge >= 0.3 is 0 Å². The quantitative estimate of drug-likeness (QED) is 0.657. The van der Waals surface area contributed by atoms with Crippen LogP contribution in [-0.4, -0.2) is 30.6 Å². The molecule has 122 valence electrons. The highest BCUT2D eigenvalue weighted by molar-refractivity contribution is 7.09. The third kappa shape index (κ3) is 5.14. The maximum Gasteiger partial charge on any atom is 0.261 e. The van der Waals surface area contributed by atoms with E-state index in [1.807, 2.05) is 42.6 Å². The highest BCUT2D eigenvalue weighted by Gasteiger charge is 2.15. The average molecular weight is 331 g/mol. The van der Waals surface area contributed by atoms with Gasteiger partial charge in [-0.3, -0.25) is 4.79 Å². The second kappa shape index (κ2) is 9.00. The van der Waals surface area contributed by atoms with Crippen molar-refractivity contribution < 1.29 is 14.3 Å². The molecule has 0 bridgehead atoms. The molecule has 0 saturated carbocycles. The molecule has 0 saturated heterocycles. The Hall–Kier alpha value is -2.27. The van der Waals surface area contributed by atoms with Gasteiger partial charge < -0.3 is 14.4 Å². The molecule has 0 aliphatic heterocycles. The summed E-state index contributed by atoms with van der Waals surface area (Å²) in [7, 11) is 0.